The molecule has 1 aliphatic heterocycles. The fourth-order valence-corrected chi connectivity index (χ4v) is 4.34. The first-order valence-corrected chi connectivity index (χ1v) is 10.4. The number of thioether (sulfide) groups is 1. The van der Waals surface area contributed by atoms with Crippen LogP contribution in [0.15, 0.2) is 40.8 Å². The third-order valence-corrected chi connectivity index (χ3v) is 5.86. The summed E-state index contributed by atoms with van der Waals surface area (Å²) in [6.07, 6.45) is 5.02. The van der Waals surface area contributed by atoms with Gasteiger partial charge in [0.05, 0.1) is 16.7 Å². The quantitative estimate of drug-likeness (QED) is 0.292. The van der Waals surface area contributed by atoms with E-state index in [1.54, 1.807) is 10.6 Å². The summed E-state index contributed by atoms with van der Waals surface area (Å²) < 4.78 is 2.59. The van der Waals surface area contributed by atoms with E-state index in [1.165, 1.54) is 18.2 Å². The van der Waals surface area contributed by atoms with Crippen LogP contribution in [-0.4, -0.2) is 39.2 Å². The number of hydrogen-bond donors (Lipinski definition) is 0. The van der Waals surface area contributed by atoms with Crippen LogP contribution in [0.4, 0.5) is 0 Å². The minimum absolute atomic E-state index is 0.0867. The summed E-state index contributed by atoms with van der Waals surface area (Å²) in [6.45, 7) is 5.79. The Labute approximate surface area is 164 Å². The Balaban J connectivity index is 1.87. The zero-order chi connectivity index (χ0) is 17.8. The highest BCUT2D eigenvalue weighted by Crippen LogP contribution is 2.20. The zero-order valence-corrected chi connectivity index (χ0v) is 16.9. The van der Waals surface area contributed by atoms with Gasteiger partial charge in [-0.15, -0.1) is 6.58 Å². The zero-order valence-electron chi connectivity index (χ0n) is 13.9. The van der Waals surface area contributed by atoms with E-state index >= 15 is 0 Å². The summed E-state index contributed by atoms with van der Waals surface area (Å²) in [7, 11) is 0. The molecule has 1 saturated heterocycles. The van der Waals surface area contributed by atoms with E-state index in [0.717, 1.165) is 29.5 Å². The fourth-order valence-electron chi connectivity index (χ4n) is 2.93. The molecule has 0 N–H and O–H groups in total. The van der Waals surface area contributed by atoms with Crippen LogP contribution in [0.25, 0.3) is 10.9 Å². The van der Waals surface area contributed by atoms with Gasteiger partial charge in [-0.1, -0.05) is 17.8 Å². The summed E-state index contributed by atoms with van der Waals surface area (Å²) in [4.78, 5) is 31.7. The Morgan fingerprint density at radius 3 is 2.80 bits per heavy atom. The van der Waals surface area contributed by atoms with Gasteiger partial charge in [-0.2, -0.15) is 0 Å². The molecule has 1 amide bonds. The topological polar surface area (TPSA) is 55.2 Å². The highest BCUT2D eigenvalue weighted by atomic mass is 127. The van der Waals surface area contributed by atoms with Crippen LogP contribution in [-0.2, 0) is 11.3 Å². The van der Waals surface area contributed by atoms with Crippen molar-refractivity contribution in [2.24, 2.45) is 0 Å². The first kappa shape index (κ1) is 18.4. The number of rotatable bonds is 5. The van der Waals surface area contributed by atoms with E-state index < -0.39 is 0 Å². The van der Waals surface area contributed by atoms with Crippen molar-refractivity contribution >= 4 is 51.2 Å². The van der Waals surface area contributed by atoms with E-state index in [4.69, 9.17) is 0 Å². The Hall–Kier alpha value is -1.35. The second kappa shape index (κ2) is 8.35. The molecule has 0 radical (unpaired) electrons. The third kappa shape index (κ3) is 4.25. The van der Waals surface area contributed by atoms with Crippen LogP contribution in [0.1, 0.15) is 19.3 Å². The minimum Gasteiger partial charge on any atom is -0.342 e. The third-order valence-electron chi connectivity index (χ3n) is 4.23. The summed E-state index contributed by atoms with van der Waals surface area (Å²) >= 11 is 3.52. The molecule has 3 rings (SSSR count). The number of benzene rings is 1. The largest absolute Gasteiger partial charge is 0.342 e. The standard InChI is InChI=1S/C18H20IN3O2S/c1-2-8-22-17(24)14-11-13(19)6-7-15(14)20-18(22)25-12-16(23)21-9-4-3-5-10-21/h2,6-7,11H,1,3-5,8-10,12H2. The molecule has 0 atom stereocenters. The molecule has 1 aliphatic rings. The van der Waals surface area contributed by atoms with Crippen LogP contribution >= 0.6 is 34.4 Å². The smallest absolute Gasteiger partial charge is 0.262 e. The van der Waals surface area contributed by atoms with E-state index in [2.05, 4.69) is 34.2 Å². The normalized spacial score (nSPS) is 14.7. The van der Waals surface area contributed by atoms with Crippen molar-refractivity contribution < 1.29 is 4.79 Å². The second-order valence-electron chi connectivity index (χ2n) is 5.99. The maximum Gasteiger partial charge on any atom is 0.262 e. The van der Waals surface area contributed by atoms with Crippen LogP contribution in [0.3, 0.4) is 0 Å². The predicted octanol–water partition coefficient (Wildman–Crippen LogP) is 3.29. The highest BCUT2D eigenvalue weighted by Gasteiger charge is 2.18. The maximum absolute atomic E-state index is 12.8. The van der Waals surface area contributed by atoms with Crippen molar-refractivity contribution in [1.29, 1.82) is 0 Å². The van der Waals surface area contributed by atoms with E-state index in [-0.39, 0.29) is 11.5 Å². The summed E-state index contributed by atoms with van der Waals surface area (Å²) in [6, 6.07) is 5.63. The van der Waals surface area contributed by atoms with Gasteiger partial charge in [0.2, 0.25) is 5.91 Å². The SMILES string of the molecule is C=CCn1c(SCC(=O)N2CCCCC2)nc2ccc(I)cc2c1=O. The van der Waals surface area contributed by atoms with Gasteiger partial charge in [0, 0.05) is 23.2 Å². The first-order valence-electron chi connectivity index (χ1n) is 8.31. The maximum atomic E-state index is 12.8. The molecule has 0 spiro atoms. The molecule has 1 aromatic heterocycles. The van der Waals surface area contributed by atoms with Gasteiger partial charge in [0.1, 0.15) is 0 Å². The molecular weight excluding hydrogens is 449 g/mol. The van der Waals surface area contributed by atoms with Crippen molar-refractivity contribution in [2.75, 3.05) is 18.8 Å². The molecular formula is C18H20IN3O2S. The first-order chi connectivity index (χ1) is 12.1. The lowest BCUT2D eigenvalue weighted by molar-refractivity contribution is -0.129. The Kier molecular flexibility index (Phi) is 6.16. The second-order valence-corrected chi connectivity index (χ2v) is 8.18. The average Bonchev–Trinajstić information content (AvgIpc) is 2.63. The van der Waals surface area contributed by atoms with E-state index in [1.807, 2.05) is 23.1 Å². The van der Waals surface area contributed by atoms with Crippen molar-refractivity contribution in [1.82, 2.24) is 14.5 Å². The van der Waals surface area contributed by atoms with Crippen LogP contribution < -0.4 is 5.56 Å². The van der Waals surface area contributed by atoms with Gasteiger partial charge in [-0.3, -0.25) is 14.2 Å². The number of likely N-dealkylation sites (tertiary alicyclic amines) is 1. The molecule has 7 heteroatoms. The fraction of sp³-hybridized carbons (Fsp3) is 0.389. The molecule has 2 heterocycles. The van der Waals surface area contributed by atoms with Gasteiger partial charge in [-0.05, 0) is 60.1 Å². The number of carbonyl (C=O) groups is 1. The summed E-state index contributed by atoms with van der Waals surface area (Å²) in [5, 5.41) is 1.17. The van der Waals surface area contributed by atoms with Gasteiger partial charge in [-0.25, -0.2) is 4.98 Å². The van der Waals surface area contributed by atoms with Gasteiger partial charge < -0.3 is 4.90 Å². The minimum atomic E-state index is -0.0867. The summed E-state index contributed by atoms with van der Waals surface area (Å²) in [5.41, 5.74) is 0.579. The van der Waals surface area contributed by atoms with Crippen molar-refractivity contribution in [3.05, 3.63) is 44.8 Å². The van der Waals surface area contributed by atoms with Crippen LogP contribution in [0.2, 0.25) is 0 Å². The average molecular weight is 469 g/mol. The van der Waals surface area contributed by atoms with Gasteiger partial charge in [0.25, 0.3) is 5.56 Å². The number of hydrogen-bond acceptors (Lipinski definition) is 4. The van der Waals surface area contributed by atoms with Crippen LogP contribution in [0.5, 0.6) is 0 Å². The molecule has 1 aromatic carbocycles. The number of halogens is 1. The molecule has 0 bridgehead atoms. The van der Waals surface area contributed by atoms with Gasteiger partial charge >= 0.3 is 0 Å². The Morgan fingerprint density at radius 1 is 1.32 bits per heavy atom. The molecule has 0 aliphatic carbocycles. The number of fused-ring (bicyclic) bond motifs is 1. The molecule has 5 nitrogen and oxygen atoms in total. The lowest BCUT2D eigenvalue weighted by atomic mass is 10.1. The molecule has 1 fully saturated rings. The lowest BCUT2D eigenvalue weighted by Gasteiger charge is -2.26. The Bertz CT molecular complexity index is 859. The number of piperidine rings is 1. The predicted molar refractivity (Wildman–Crippen MR) is 110 cm³/mol. The van der Waals surface area contributed by atoms with E-state index in [0.29, 0.717) is 28.4 Å². The molecule has 2 aromatic rings. The van der Waals surface area contributed by atoms with E-state index in [9.17, 15) is 9.59 Å². The van der Waals surface area contributed by atoms with Crippen LogP contribution in [0, 0.1) is 3.57 Å². The number of carbonyl (C=O) groups excluding carboxylic acids is 1. The number of nitrogens with zero attached hydrogens (tertiary/aromatic N) is 3. The molecule has 0 saturated carbocycles. The monoisotopic (exact) mass is 469 g/mol. The number of aromatic nitrogens is 2. The molecule has 132 valence electrons. The molecule has 25 heavy (non-hydrogen) atoms. The number of amides is 1. The van der Waals surface area contributed by atoms with Crippen molar-refractivity contribution in [2.45, 2.75) is 31.0 Å². The number of allylic oxidation sites excluding steroid dienone is 1. The molecule has 0 unspecified atom stereocenters. The Morgan fingerprint density at radius 2 is 2.08 bits per heavy atom. The summed E-state index contributed by atoms with van der Waals surface area (Å²) in [5.74, 6) is 0.422. The van der Waals surface area contributed by atoms with Gasteiger partial charge in [0.15, 0.2) is 5.16 Å². The van der Waals surface area contributed by atoms with Crippen molar-refractivity contribution in [3.8, 4) is 0 Å². The van der Waals surface area contributed by atoms with Crippen molar-refractivity contribution in [3.63, 3.8) is 0 Å². The highest BCUT2D eigenvalue weighted by molar-refractivity contribution is 14.1. The lowest BCUT2D eigenvalue weighted by Crippen LogP contribution is -2.37.